The summed E-state index contributed by atoms with van der Waals surface area (Å²) in [7, 11) is 0. The highest BCUT2D eigenvalue weighted by atomic mass is 19.4. The zero-order valence-corrected chi connectivity index (χ0v) is 15.7. The molecule has 0 aromatic carbocycles. The van der Waals surface area contributed by atoms with Gasteiger partial charge < -0.3 is 9.64 Å². The van der Waals surface area contributed by atoms with Gasteiger partial charge in [-0.15, -0.1) is 5.10 Å². The van der Waals surface area contributed by atoms with Crippen molar-refractivity contribution in [3.63, 3.8) is 0 Å². The minimum Gasteiger partial charge on any atom is -0.451 e. The summed E-state index contributed by atoms with van der Waals surface area (Å²) in [5.74, 6) is -3.04. The molecule has 0 bridgehead atoms. The average Bonchev–Trinajstić information content (AvgIpc) is 3.34. The Hall–Kier alpha value is -3.13. The van der Waals surface area contributed by atoms with E-state index in [2.05, 4.69) is 35.2 Å². The van der Waals surface area contributed by atoms with E-state index in [4.69, 9.17) is 4.74 Å². The van der Waals surface area contributed by atoms with E-state index in [0.717, 1.165) is 6.92 Å². The van der Waals surface area contributed by atoms with Gasteiger partial charge in [0.2, 0.25) is 0 Å². The Bertz CT molecular complexity index is 1070. The standard InChI is InChI=1S/C15H15F5N8O2/c1-7-9(25-30-24-7)5-28-12-10(23-26-28)11(27-4-3-14(16,17)6-27)21-13(22-12)29-8(2)15(18,19)20/h8H,3-6H2,1-2H3/t8-/m0/s1. The van der Waals surface area contributed by atoms with Crippen LogP contribution in [-0.4, -0.2) is 66.6 Å². The van der Waals surface area contributed by atoms with Crippen LogP contribution < -0.4 is 9.64 Å². The molecule has 0 radical (unpaired) electrons. The highest BCUT2D eigenvalue weighted by Gasteiger charge is 2.41. The van der Waals surface area contributed by atoms with Crippen molar-refractivity contribution in [3.05, 3.63) is 11.4 Å². The van der Waals surface area contributed by atoms with Crippen LogP contribution in [0.3, 0.4) is 0 Å². The average molecular weight is 434 g/mol. The van der Waals surface area contributed by atoms with Gasteiger partial charge in [-0.25, -0.2) is 18.1 Å². The molecule has 0 unspecified atom stereocenters. The lowest BCUT2D eigenvalue weighted by Crippen LogP contribution is -2.32. The third kappa shape index (κ3) is 3.82. The summed E-state index contributed by atoms with van der Waals surface area (Å²) in [6, 6.07) is -0.629. The number of aryl methyl sites for hydroxylation is 1. The molecule has 0 saturated carbocycles. The van der Waals surface area contributed by atoms with Gasteiger partial charge >= 0.3 is 12.2 Å². The molecule has 15 heteroatoms. The maximum atomic E-state index is 13.7. The Kier molecular flexibility index (Phi) is 4.69. The number of ether oxygens (including phenoxy) is 1. The summed E-state index contributed by atoms with van der Waals surface area (Å²) in [4.78, 5) is 9.13. The lowest BCUT2D eigenvalue weighted by Gasteiger charge is -2.20. The molecule has 0 N–H and O–H groups in total. The second-order valence-electron chi connectivity index (χ2n) is 6.87. The second kappa shape index (κ2) is 6.98. The molecular weight excluding hydrogens is 419 g/mol. The predicted octanol–water partition coefficient (Wildman–Crippen LogP) is 2.14. The Morgan fingerprint density at radius 2 is 2.00 bits per heavy atom. The SMILES string of the molecule is Cc1nonc1Cn1nnc2c(N3CCC(F)(F)C3)nc(O[C@@H](C)C(F)(F)F)nc21. The van der Waals surface area contributed by atoms with Crippen LogP contribution in [0.2, 0.25) is 0 Å². The number of alkyl halides is 5. The van der Waals surface area contributed by atoms with Crippen molar-refractivity contribution >= 4 is 17.0 Å². The molecule has 1 atom stereocenters. The van der Waals surface area contributed by atoms with Gasteiger partial charge in [-0.3, -0.25) is 0 Å². The van der Waals surface area contributed by atoms with Crippen LogP contribution in [0.5, 0.6) is 6.01 Å². The smallest absolute Gasteiger partial charge is 0.425 e. The van der Waals surface area contributed by atoms with Crippen molar-refractivity contribution in [2.75, 3.05) is 18.0 Å². The van der Waals surface area contributed by atoms with Crippen molar-refractivity contribution < 1.29 is 31.3 Å². The Morgan fingerprint density at radius 3 is 2.60 bits per heavy atom. The highest BCUT2D eigenvalue weighted by Crippen LogP contribution is 2.34. The van der Waals surface area contributed by atoms with Gasteiger partial charge in [0.25, 0.3) is 5.92 Å². The number of nitrogens with zero attached hydrogens (tertiary/aromatic N) is 8. The third-order valence-electron chi connectivity index (χ3n) is 4.58. The monoisotopic (exact) mass is 434 g/mol. The van der Waals surface area contributed by atoms with Gasteiger partial charge in [0.05, 0.1) is 13.1 Å². The van der Waals surface area contributed by atoms with Crippen LogP contribution in [-0.2, 0) is 6.54 Å². The van der Waals surface area contributed by atoms with Gasteiger partial charge in [-0.2, -0.15) is 23.1 Å². The fourth-order valence-corrected chi connectivity index (χ4v) is 2.88. The number of rotatable bonds is 5. The predicted molar refractivity (Wildman–Crippen MR) is 89.2 cm³/mol. The lowest BCUT2D eigenvalue weighted by molar-refractivity contribution is -0.190. The van der Waals surface area contributed by atoms with E-state index in [1.165, 1.54) is 9.58 Å². The van der Waals surface area contributed by atoms with Gasteiger partial charge in [0.15, 0.2) is 23.1 Å². The molecule has 0 aliphatic carbocycles. The van der Waals surface area contributed by atoms with Gasteiger partial charge in [0.1, 0.15) is 11.4 Å². The van der Waals surface area contributed by atoms with Crippen LogP contribution in [0.1, 0.15) is 24.7 Å². The molecule has 3 aromatic heterocycles. The number of fused-ring (bicyclic) bond motifs is 1. The number of hydrogen-bond acceptors (Lipinski definition) is 9. The summed E-state index contributed by atoms with van der Waals surface area (Å²) in [6.45, 7) is 1.69. The Labute approximate surface area is 165 Å². The number of anilines is 1. The quantitative estimate of drug-likeness (QED) is 0.558. The molecule has 1 fully saturated rings. The second-order valence-corrected chi connectivity index (χ2v) is 6.87. The fourth-order valence-electron chi connectivity index (χ4n) is 2.88. The molecule has 1 aliphatic rings. The van der Waals surface area contributed by atoms with Crippen LogP contribution in [0.4, 0.5) is 27.8 Å². The van der Waals surface area contributed by atoms with E-state index >= 15 is 0 Å². The molecule has 30 heavy (non-hydrogen) atoms. The first-order valence-corrected chi connectivity index (χ1v) is 8.79. The summed E-state index contributed by atoms with van der Waals surface area (Å²) in [5, 5.41) is 15.2. The molecule has 0 amide bonds. The minimum atomic E-state index is -4.67. The summed E-state index contributed by atoms with van der Waals surface area (Å²) >= 11 is 0. The van der Waals surface area contributed by atoms with Crippen molar-refractivity contribution in [2.45, 2.75) is 45.0 Å². The largest absolute Gasteiger partial charge is 0.451 e. The first-order chi connectivity index (χ1) is 14.0. The lowest BCUT2D eigenvalue weighted by atomic mass is 10.3. The number of hydrogen-bond donors (Lipinski definition) is 0. The molecule has 1 saturated heterocycles. The third-order valence-corrected chi connectivity index (χ3v) is 4.58. The molecule has 4 heterocycles. The van der Waals surface area contributed by atoms with Crippen LogP contribution in [0.25, 0.3) is 11.2 Å². The van der Waals surface area contributed by atoms with E-state index in [9.17, 15) is 22.0 Å². The van der Waals surface area contributed by atoms with Crippen molar-refractivity contribution in [3.8, 4) is 6.01 Å². The van der Waals surface area contributed by atoms with Crippen LogP contribution in [0, 0.1) is 6.92 Å². The maximum Gasteiger partial charge on any atom is 0.425 e. The number of aromatic nitrogens is 7. The normalized spacial score (nSPS) is 17.6. The Balaban J connectivity index is 1.77. The molecule has 0 spiro atoms. The van der Waals surface area contributed by atoms with E-state index in [0.29, 0.717) is 11.4 Å². The topological polar surface area (TPSA) is 108 Å². The van der Waals surface area contributed by atoms with E-state index < -0.39 is 37.2 Å². The van der Waals surface area contributed by atoms with Crippen molar-refractivity contribution in [2.24, 2.45) is 0 Å². The number of halogens is 5. The van der Waals surface area contributed by atoms with Gasteiger partial charge in [-0.05, 0) is 13.8 Å². The van der Waals surface area contributed by atoms with Crippen LogP contribution >= 0.6 is 0 Å². The molecular formula is C15H15F5N8O2. The van der Waals surface area contributed by atoms with E-state index in [1.807, 2.05) is 0 Å². The summed E-state index contributed by atoms with van der Waals surface area (Å²) in [6.07, 6.45) is -7.30. The summed E-state index contributed by atoms with van der Waals surface area (Å²) < 4.78 is 76.9. The molecule has 1 aliphatic heterocycles. The molecule has 3 aromatic rings. The molecule has 162 valence electrons. The van der Waals surface area contributed by atoms with Crippen molar-refractivity contribution in [1.82, 2.24) is 35.3 Å². The zero-order valence-electron chi connectivity index (χ0n) is 15.7. The first-order valence-electron chi connectivity index (χ1n) is 8.79. The summed E-state index contributed by atoms with van der Waals surface area (Å²) in [5.41, 5.74) is 0.908. The maximum absolute atomic E-state index is 13.7. The van der Waals surface area contributed by atoms with E-state index in [-0.39, 0.29) is 30.1 Å². The van der Waals surface area contributed by atoms with E-state index in [1.54, 1.807) is 6.92 Å². The molecule has 4 rings (SSSR count). The minimum absolute atomic E-state index is 0.00184. The molecule has 10 nitrogen and oxygen atoms in total. The Morgan fingerprint density at radius 1 is 1.23 bits per heavy atom. The van der Waals surface area contributed by atoms with Crippen molar-refractivity contribution in [1.29, 1.82) is 0 Å². The highest BCUT2D eigenvalue weighted by molar-refractivity contribution is 5.83. The van der Waals surface area contributed by atoms with Gasteiger partial charge in [-0.1, -0.05) is 15.5 Å². The zero-order chi connectivity index (χ0) is 21.7. The van der Waals surface area contributed by atoms with Gasteiger partial charge in [0, 0.05) is 13.0 Å². The fraction of sp³-hybridized carbons (Fsp3) is 0.600. The first kappa shape index (κ1) is 20.2. The van der Waals surface area contributed by atoms with Crippen LogP contribution in [0.15, 0.2) is 4.63 Å².